The van der Waals surface area contributed by atoms with Crippen LogP contribution in [0, 0.1) is 0 Å². The van der Waals surface area contributed by atoms with E-state index in [-0.39, 0.29) is 6.09 Å². The predicted octanol–water partition coefficient (Wildman–Crippen LogP) is 2.12. The van der Waals surface area contributed by atoms with Crippen LogP contribution in [0.25, 0.3) is 0 Å². The second-order valence-electron chi connectivity index (χ2n) is 5.11. The Morgan fingerprint density at radius 2 is 2.00 bits per heavy atom. The smallest absolute Gasteiger partial charge is 0.410 e. The summed E-state index contributed by atoms with van der Waals surface area (Å²) < 4.78 is 5.32. The summed E-state index contributed by atoms with van der Waals surface area (Å²) in [6.07, 6.45) is 3.41. The highest BCUT2D eigenvalue weighted by Gasteiger charge is 2.26. The van der Waals surface area contributed by atoms with Crippen molar-refractivity contribution in [2.75, 3.05) is 13.1 Å². The molecule has 0 bridgehead atoms. The fourth-order valence-corrected chi connectivity index (χ4v) is 1.72. The number of carbonyl (C=O) groups is 1. The van der Waals surface area contributed by atoms with Gasteiger partial charge in [0.05, 0.1) is 0 Å². The highest BCUT2D eigenvalue weighted by atomic mass is 16.6. The Bertz CT molecular complexity index is 250. The molecule has 0 aromatic heterocycles. The number of amides is 1. The van der Waals surface area contributed by atoms with Crippen molar-refractivity contribution in [3.8, 4) is 0 Å². The molecule has 0 radical (unpaired) electrons. The van der Waals surface area contributed by atoms with Gasteiger partial charge in [0.15, 0.2) is 0 Å². The lowest BCUT2D eigenvalue weighted by Gasteiger charge is -2.33. The Balaban J connectivity index is 2.36. The van der Waals surface area contributed by atoms with Crippen molar-refractivity contribution in [2.24, 2.45) is 0 Å². The number of nitrogens with zero attached hydrogens (tertiary/aromatic N) is 1. The monoisotopic (exact) mass is 226 g/mol. The zero-order valence-electron chi connectivity index (χ0n) is 10.5. The van der Waals surface area contributed by atoms with Gasteiger partial charge in [0.25, 0.3) is 0 Å². The summed E-state index contributed by atoms with van der Waals surface area (Å²) >= 11 is 0. The number of likely N-dealkylation sites (tertiary alicyclic amines) is 1. The van der Waals surface area contributed by atoms with Gasteiger partial charge in [-0.05, 0) is 39.8 Å². The average Bonchev–Trinajstić information content (AvgIpc) is 2.16. The summed E-state index contributed by atoms with van der Waals surface area (Å²) in [5.41, 5.74) is -0.409. The van der Waals surface area contributed by atoms with Gasteiger partial charge in [-0.25, -0.2) is 4.79 Å². The second kappa shape index (κ2) is 5.23. The molecule has 4 nitrogen and oxygen atoms in total. The number of carbonyl (C=O) groups excluding carboxylic acids is 1. The Hall–Kier alpha value is -1.19. The first-order chi connectivity index (χ1) is 7.42. The number of ether oxygens (including phenoxy) is 1. The van der Waals surface area contributed by atoms with Gasteiger partial charge in [0, 0.05) is 19.1 Å². The van der Waals surface area contributed by atoms with Crippen LogP contribution in [0.5, 0.6) is 0 Å². The summed E-state index contributed by atoms with van der Waals surface area (Å²) in [5.74, 6) is 0. The molecule has 1 rings (SSSR count). The van der Waals surface area contributed by atoms with Crippen LogP contribution >= 0.6 is 0 Å². The predicted molar refractivity (Wildman–Crippen MR) is 64.2 cm³/mol. The standard InChI is InChI=1S/C12H22N2O2/c1-5-13-10-6-8-14(9-7-10)11(15)16-12(2,3)4/h5,10,13H,1,6-9H2,2-4H3. The molecule has 92 valence electrons. The fraction of sp³-hybridized carbons (Fsp3) is 0.750. The van der Waals surface area contributed by atoms with Gasteiger partial charge in [0.1, 0.15) is 5.60 Å². The van der Waals surface area contributed by atoms with Crippen LogP contribution < -0.4 is 5.32 Å². The Kier molecular flexibility index (Phi) is 4.21. The lowest BCUT2D eigenvalue weighted by molar-refractivity contribution is 0.0201. The fourth-order valence-electron chi connectivity index (χ4n) is 1.72. The van der Waals surface area contributed by atoms with Crippen LogP contribution in [0.3, 0.4) is 0 Å². The zero-order chi connectivity index (χ0) is 12.2. The van der Waals surface area contributed by atoms with Gasteiger partial charge in [0.2, 0.25) is 0 Å². The van der Waals surface area contributed by atoms with Crippen LogP contribution in [-0.2, 0) is 4.74 Å². The summed E-state index contributed by atoms with van der Waals surface area (Å²) in [6, 6.07) is 0.441. The Morgan fingerprint density at radius 1 is 1.44 bits per heavy atom. The summed E-state index contributed by atoms with van der Waals surface area (Å²) in [6.45, 7) is 10.8. The number of hydrogen-bond acceptors (Lipinski definition) is 3. The van der Waals surface area contributed by atoms with Gasteiger partial charge in [-0.15, -0.1) is 0 Å². The van der Waals surface area contributed by atoms with E-state index in [1.165, 1.54) is 0 Å². The molecule has 0 atom stereocenters. The van der Waals surface area contributed by atoms with E-state index in [0.29, 0.717) is 6.04 Å². The highest BCUT2D eigenvalue weighted by Crippen LogP contribution is 2.15. The molecular formula is C12H22N2O2. The van der Waals surface area contributed by atoms with E-state index in [0.717, 1.165) is 25.9 Å². The second-order valence-corrected chi connectivity index (χ2v) is 5.11. The topological polar surface area (TPSA) is 41.6 Å². The molecule has 0 aliphatic carbocycles. The van der Waals surface area contributed by atoms with Crippen LogP contribution in [0.2, 0.25) is 0 Å². The molecule has 0 aromatic rings. The third-order valence-electron chi connectivity index (χ3n) is 2.50. The Labute approximate surface area is 97.6 Å². The summed E-state index contributed by atoms with van der Waals surface area (Å²) in [5, 5.41) is 3.18. The lowest BCUT2D eigenvalue weighted by Crippen LogP contribution is -2.45. The molecule has 4 heteroatoms. The molecule has 16 heavy (non-hydrogen) atoms. The van der Waals surface area contributed by atoms with Gasteiger partial charge in [-0.1, -0.05) is 6.58 Å². The van der Waals surface area contributed by atoms with E-state index in [1.54, 1.807) is 11.1 Å². The molecule has 1 heterocycles. The maximum absolute atomic E-state index is 11.7. The van der Waals surface area contributed by atoms with Crippen molar-refractivity contribution in [3.05, 3.63) is 12.8 Å². The summed E-state index contributed by atoms with van der Waals surface area (Å²) in [7, 11) is 0. The van der Waals surface area contributed by atoms with Crippen molar-refractivity contribution in [1.82, 2.24) is 10.2 Å². The lowest BCUT2D eigenvalue weighted by atomic mass is 10.1. The number of rotatable bonds is 2. The summed E-state index contributed by atoms with van der Waals surface area (Å²) in [4.78, 5) is 13.5. The first-order valence-corrected chi connectivity index (χ1v) is 5.77. The first-order valence-electron chi connectivity index (χ1n) is 5.77. The minimum atomic E-state index is -0.409. The minimum absolute atomic E-state index is 0.204. The molecule has 1 aliphatic rings. The molecule has 1 saturated heterocycles. The highest BCUT2D eigenvalue weighted by molar-refractivity contribution is 5.68. The molecule has 1 aliphatic heterocycles. The quantitative estimate of drug-likeness (QED) is 0.784. The van der Waals surface area contributed by atoms with Crippen molar-refractivity contribution in [2.45, 2.75) is 45.3 Å². The van der Waals surface area contributed by atoms with Crippen molar-refractivity contribution < 1.29 is 9.53 Å². The molecule has 1 fully saturated rings. The molecular weight excluding hydrogens is 204 g/mol. The Morgan fingerprint density at radius 3 is 2.44 bits per heavy atom. The van der Waals surface area contributed by atoms with Crippen molar-refractivity contribution in [1.29, 1.82) is 0 Å². The molecule has 0 spiro atoms. The van der Waals surface area contributed by atoms with Gasteiger partial charge < -0.3 is 15.0 Å². The molecule has 1 amide bonds. The SMILES string of the molecule is C=CNC1CCN(C(=O)OC(C)(C)C)CC1. The van der Waals surface area contributed by atoms with Gasteiger partial charge in [-0.2, -0.15) is 0 Å². The van der Waals surface area contributed by atoms with E-state index in [1.807, 2.05) is 20.8 Å². The number of piperidine rings is 1. The molecule has 1 N–H and O–H groups in total. The molecule has 0 aromatic carbocycles. The van der Waals surface area contributed by atoms with E-state index >= 15 is 0 Å². The molecule has 0 saturated carbocycles. The zero-order valence-corrected chi connectivity index (χ0v) is 10.5. The number of hydrogen-bond donors (Lipinski definition) is 1. The molecule has 0 unspecified atom stereocenters. The van der Waals surface area contributed by atoms with Crippen LogP contribution in [0.1, 0.15) is 33.6 Å². The maximum Gasteiger partial charge on any atom is 0.410 e. The third kappa shape index (κ3) is 4.13. The van der Waals surface area contributed by atoms with Crippen LogP contribution in [0.4, 0.5) is 4.79 Å². The van der Waals surface area contributed by atoms with Crippen LogP contribution in [-0.4, -0.2) is 35.7 Å². The normalized spacial score (nSPS) is 18.1. The third-order valence-corrected chi connectivity index (χ3v) is 2.50. The van der Waals surface area contributed by atoms with E-state index in [9.17, 15) is 4.79 Å². The van der Waals surface area contributed by atoms with E-state index < -0.39 is 5.60 Å². The van der Waals surface area contributed by atoms with E-state index in [2.05, 4.69) is 11.9 Å². The maximum atomic E-state index is 11.7. The van der Waals surface area contributed by atoms with Crippen molar-refractivity contribution >= 4 is 6.09 Å². The first kappa shape index (κ1) is 12.9. The van der Waals surface area contributed by atoms with Gasteiger partial charge in [-0.3, -0.25) is 0 Å². The van der Waals surface area contributed by atoms with Crippen molar-refractivity contribution in [3.63, 3.8) is 0 Å². The minimum Gasteiger partial charge on any atom is -0.444 e. The largest absolute Gasteiger partial charge is 0.444 e. The van der Waals surface area contributed by atoms with E-state index in [4.69, 9.17) is 4.74 Å². The average molecular weight is 226 g/mol. The van der Waals surface area contributed by atoms with Gasteiger partial charge >= 0.3 is 6.09 Å². The van der Waals surface area contributed by atoms with Crippen LogP contribution in [0.15, 0.2) is 12.8 Å². The number of nitrogens with one attached hydrogen (secondary N) is 1.